The molecule has 0 saturated heterocycles. The van der Waals surface area contributed by atoms with Crippen LogP contribution < -0.4 is 4.90 Å². The van der Waals surface area contributed by atoms with E-state index in [9.17, 15) is 13.2 Å². The lowest BCUT2D eigenvalue weighted by Gasteiger charge is -2.22. The number of hydrogen-bond donors (Lipinski definition) is 0. The van der Waals surface area contributed by atoms with Gasteiger partial charge >= 0.3 is 0 Å². The number of para-hydroxylation sites is 1. The Morgan fingerprint density at radius 1 is 0.857 bits per heavy atom. The summed E-state index contributed by atoms with van der Waals surface area (Å²) in [5, 5.41) is 17.7. The van der Waals surface area contributed by atoms with Gasteiger partial charge in [0.1, 0.15) is 29.0 Å². The van der Waals surface area contributed by atoms with Crippen LogP contribution >= 0.6 is 0 Å². The molecule has 2 aromatic rings. The Bertz CT molecular complexity index is 774. The van der Waals surface area contributed by atoms with Gasteiger partial charge in [-0.05, 0) is 12.1 Å². The number of nitrogens with zero attached hydrogens (tertiary/aromatic N) is 3. The van der Waals surface area contributed by atoms with E-state index in [1.165, 1.54) is 19.2 Å². The zero-order valence-corrected chi connectivity index (χ0v) is 10.9. The van der Waals surface area contributed by atoms with Crippen molar-refractivity contribution in [1.82, 2.24) is 0 Å². The van der Waals surface area contributed by atoms with Gasteiger partial charge in [0.05, 0.1) is 0 Å². The van der Waals surface area contributed by atoms with Crippen molar-refractivity contribution in [1.29, 1.82) is 10.5 Å². The molecule has 0 amide bonds. The average Bonchev–Trinajstić information content (AvgIpc) is 2.51. The Labute approximate surface area is 119 Å². The molecule has 0 heterocycles. The standard InChI is InChI=1S/C15H8F3N3/c1-21(9-5-3-2-4-6-9)15-11(8-20)12(16)10(7-19)13(17)14(15)18/h2-6H,1H3. The lowest BCUT2D eigenvalue weighted by molar-refractivity contribution is 0.491. The molecule has 0 aliphatic rings. The number of halogens is 3. The lowest BCUT2D eigenvalue weighted by Crippen LogP contribution is -2.16. The van der Waals surface area contributed by atoms with Gasteiger partial charge in [-0.3, -0.25) is 0 Å². The van der Waals surface area contributed by atoms with Gasteiger partial charge < -0.3 is 4.90 Å². The topological polar surface area (TPSA) is 50.8 Å². The summed E-state index contributed by atoms with van der Waals surface area (Å²) in [5.41, 5.74) is -1.92. The maximum absolute atomic E-state index is 14.1. The second-order valence-electron chi connectivity index (χ2n) is 4.16. The van der Waals surface area contributed by atoms with Crippen LogP contribution in [0.25, 0.3) is 0 Å². The van der Waals surface area contributed by atoms with Gasteiger partial charge in [0.25, 0.3) is 0 Å². The molecule has 0 aromatic heterocycles. The van der Waals surface area contributed by atoms with E-state index in [1.54, 1.807) is 30.3 Å². The highest BCUT2D eigenvalue weighted by atomic mass is 19.2. The average molecular weight is 287 g/mol. The molecule has 0 fully saturated rings. The number of anilines is 2. The number of benzene rings is 2. The van der Waals surface area contributed by atoms with Crippen LogP contribution in [-0.2, 0) is 0 Å². The van der Waals surface area contributed by atoms with Crippen LogP contribution in [0, 0.1) is 40.1 Å². The van der Waals surface area contributed by atoms with Crippen LogP contribution in [0.4, 0.5) is 24.5 Å². The summed E-state index contributed by atoms with van der Waals surface area (Å²) >= 11 is 0. The highest BCUT2D eigenvalue weighted by Crippen LogP contribution is 2.34. The Hall–Kier alpha value is -2.99. The molecule has 0 aliphatic carbocycles. The molecule has 2 rings (SSSR count). The minimum Gasteiger partial charge on any atom is -0.341 e. The minimum atomic E-state index is -1.60. The Morgan fingerprint density at radius 3 is 1.95 bits per heavy atom. The third-order valence-corrected chi connectivity index (χ3v) is 3.00. The van der Waals surface area contributed by atoms with E-state index in [0.29, 0.717) is 5.69 Å². The van der Waals surface area contributed by atoms with Gasteiger partial charge in [-0.15, -0.1) is 0 Å². The molecule has 0 unspecified atom stereocenters. The van der Waals surface area contributed by atoms with Crippen molar-refractivity contribution >= 4 is 11.4 Å². The lowest BCUT2D eigenvalue weighted by atomic mass is 10.1. The first-order valence-electron chi connectivity index (χ1n) is 5.82. The summed E-state index contributed by atoms with van der Waals surface area (Å²) < 4.78 is 41.8. The number of nitriles is 2. The first-order valence-corrected chi connectivity index (χ1v) is 5.82. The Morgan fingerprint density at radius 2 is 1.43 bits per heavy atom. The second-order valence-corrected chi connectivity index (χ2v) is 4.16. The van der Waals surface area contributed by atoms with Gasteiger partial charge in [0, 0.05) is 12.7 Å². The highest BCUT2D eigenvalue weighted by Gasteiger charge is 2.27. The first kappa shape index (κ1) is 14.4. The molecular formula is C15H8F3N3. The van der Waals surface area contributed by atoms with Crippen molar-refractivity contribution < 1.29 is 13.2 Å². The zero-order valence-electron chi connectivity index (χ0n) is 10.9. The normalized spacial score (nSPS) is 9.81. The van der Waals surface area contributed by atoms with E-state index >= 15 is 0 Å². The van der Waals surface area contributed by atoms with Crippen LogP contribution in [0.15, 0.2) is 30.3 Å². The van der Waals surface area contributed by atoms with E-state index in [2.05, 4.69) is 0 Å². The van der Waals surface area contributed by atoms with Gasteiger partial charge in [-0.2, -0.15) is 10.5 Å². The van der Waals surface area contributed by atoms with Crippen LogP contribution in [0.3, 0.4) is 0 Å². The molecule has 3 nitrogen and oxygen atoms in total. The van der Waals surface area contributed by atoms with Crippen molar-refractivity contribution in [2.75, 3.05) is 11.9 Å². The number of rotatable bonds is 2. The fraction of sp³-hybridized carbons (Fsp3) is 0.0667. The summed E-state index contributed by atoms with van der Waals surface area (Å²) in [4.78, 5) is 1.15. The fourth-order valence-electron chi connectivity index (χ4n) is 1.94. The second kappa shape index (κ2) is 5.56. The zero-order chi connectivity index (χ0) is 15.6. The molecule has 0 radical (unpaired) electrons. The van der Waals surface area contributed by atoms with Gasteiger partial charge in [0.2, 0.25) is 0 Å². The fourth-order valence-corrected chi connectivity index (χ4v) is 1.94. The molecule has 0 saturated carbocycles. The quantitative estimate of drug-likeness (QED) is 0.793. The summed E-state index contributed by atoms with van der Waals surface area (Å²) in [6.45, 7) is 0. The van der Waals surface area contributed by atoms with Crippen LogP contribution in [-0.4, -0.2) is 7.05 Å². The van der Waals surface area contributed by atoms with Crippen molar-refractivity contribution in [3.8, 4) is 12.1 Å². The Kier molecular flexibility index (Phi) is 3.82. The summed E-state index contributed by atoms with van der Waals surface area (Å²) in [6, 6.07) is 10.9. The monoisotopic (exact) mass is 287 g/mol. The van der Waals surface area contributed by atoms with Gasteiger partial charge in [-0.1, -0.05) is 18.2 Å². The summed E-state index contributed by atoms with van der Waals surface area (Å²) in [7, 11) is 1.37. The summed E-state index contributed by atoms with van der Waals surface area (Å²) in [5.74, 6) is -4.40. The Balaban J connectivity index is 2.76. The molecule has 0 aliphatic heterocycles. The third kappa shape index (κ3) is 2.28. The smallest absolute Gasteiger partial charge is 0.185 e. The predicted molar refractivity (Wildman–Crippen MR) is 70.3 cm³/mol. The third-order valence-electron chi connectivity index (χ3n) is 3.00. The predicted octanol–water partition coefficient (Wildman–Crippen LogP) is 3.62. The van der Waals surface area contributed by atoms with E-state index in [0.717, 1.165) is 4.90 Å². The van der Waals surface area contributed by atoms with Crippen LogP contribution in [0.5, 0.6) is 0 Å². The molecular weight excluding hydrogens is 279 g/mol. The van der Waals surface area contributed by atoms with Crippen molar-refractivity contribution in [2.45, 2.75) is 0 Å². The molecule has 104 valence electrons. The number of hydrogen-bond acceptors (Lipinski definition) is 3. The highest BCUT2D eigenvalue weighted by molar-refractivity contribution is 5.71. The van der Waals surface area contributed by atoms with Gasteiger partial charge in [-0.25, -0.2) is 13.2 Å². The van der Waals surface area contributed by atoms with E-state index < -0.39 is 34.3 Å². The summed E-state index contributed by atoms with van der Waals surface area (Å²) in [6.07, 6.45) is 0. The molecule has 21 heavy (non-hydrogen) atoms. The molecule has 0 atom stereocenters. The maximum atomic E-state index is 14.1. The SMILES string of the molecule is CN(c1ccccc1)c1c(F)c(F)c(C#N)c(F)c1C#N. The molecule has 6 heteroatoms. The molecule has 0 N–H and O–H groups in total. The van der Waals surface area contributed by atoms with Crippen molar-refractivity contribution in [3.63, 3.8) is 0 Å². The maximum Gasteiger partial charge on any atom is 0.185 e. The van der Waals surface area contributed by atoms with Crippen LogP contribution in [0.2, 0.25) is 0 Å². The molecule has 2 aromatic carbocycles. The van der Waals surface area contributed by atoms with E-state index in [-0.39, 0.29) is 0 Å². The van der Waals surface area contributed by atoms with Crippen LogP contribution in [0.1, 0.15) is 11.1 Å². The first-order chi connectivity index (χ1) is 10.0. The largest absolute Gasteiger partial charge is 0.341 e. The van der Waals surface area contributed by atoms with Crippen molar-refractivity contribution in [3.05, 3.63) is 58.9 Å². The minimum absolute atomic E-state index is 0.441. The molecule has 0 spiro atoms. The van der Waals surface area contributed by atoms with E-state index in [4.69, 9.17) is 10.5 Å². The molecule has 0 bridgehead atoms. The van der Waals surface area contributed by atoms with Gasteiger partial charge in [0.15, 0.2) is 17.5 Å². The van der Waals surface area contributed by atoms with E-state index in [1.807, 2.05) is 0 Å². The van der Waals surface area contributed by atoms with Crippen molar-refractivity contribution in [2.24, 2.45) is 0 Å².